The Labute approximate surface area is 182 Å². The van der Waals surface area contributed by atoms with E-state index in [1.807, 2.05) is 43.9 Å². The van der Waals surface area contributed by atoms with Crippen molar-refractivity contribution in [3.8, 4) is 0 Å². The molecule has 1 aliphatic carbocycles. The van der Waals surface area contributed by atoms with Gasteiger partial charge in [-0.15, -0.1) is 0 Å². The number of nitrogens with two attached hydrogens (primary N) is 1. The zero-order chi connectivity index (χ0) is 21.8. The molecule has 7 nitrogen and oxygen atoms in total. The first-order chi connectivity index (χ1) is 14.3. The summed E-state index contributed by atoms with van der Waals surface area (Å²) in [4.78, 5) is 29.5. The average Bonchev–Trinajstić information content (AvgIpc) is 3.22. The van der Waals surface area contributed by atoms with E-state index in [-0.39, 0.29) is 17.5 Å². The smallest absolute Gasteiger partial charge is 0.330 e. The topological polar surface area (TPSA) is 96.2 Å². The van der Waals surface area contributed by atoms with Crippen LogP contribution >= 0.6 is 12.2 Å². The maximum Gasteiger partial charge on any atom is 0.330 e. The number of aryl methyl sites for hydroxylation is 1. The van der Waals surface area contributed by atoms with Gasteiger partial charge in [-0.2, -0.15) is 0 Å². The zero-order valence-corrected chi connectivity index (χ0v) is 18.8. The quantitative estimate of drug-likeness (QED) is 0.606. The molecule has 1 aromatic carbocycles. The van der Waals surface area contributed by atoms with E-state index in [4.69, 9.17) is 18.0 Å². The highest BCUT2D eigenvalue weighted by atomic mass is 32.1. The normalized spacial score (nSPS) is 14.1. The number of anilines is 3. The Morgan fingerprint density at radius 1 is 1.30 bits per heavy atom. The van der Waals surface area contributed by atoms with Gasteiger partial charge in [-0.3, -0.25) is 14.3 Å². The van der Waals surface area contributed by atoms with Crippen molar-refractivity contribution in [1.82, 2.24) is 9.55 Å². The summed E-state index contributed by atoms with van der Waals surface area (Å²) in [5.74, 6) is 0.175. The Bertz CT molecular complexity index is 1040. The fraction of sp³-hybridized carbons (Fsp3) is 0.500. The van der Waals surface area contributed by atoms with E-state index in [0.29, 0.717) is 11.7 Å². The Hall–Kier alpha value is -2.61. The highest BCUT2D eigenvalue weighted by molar-refractivity contribution is 7.80. The molecule has 0 radical (unpaired) electrons. The molecular formula is C22H31N5O2S. The van der Waals surface area contributed by atoms with Crippen molar-refractivity contribution in [3.63, 3.8) is 0 Å². The van der Waals surface area contributed by atoms with E-state index in [0.717, 1.165) is 55.3 Å². The number of hydrogen-bond acceptors (Lipinski definition) is 4. The number of nitrogen functional groups attached to an aromatic ring is 1. The number of aromatic amines is 1. The van der Waals surface area contributed by atoms with Gasteiger partial charge >= 0.3 is 5.69 Å². The lowest BCUT2D eigenvalue weighted by Crippen LogP contribution is -2.47. The van der Waals surface area contributed by atoms with Crippen molar-refractivity contribution in [2.45, 2.75) is 71.9 Å². The number of nitrogens with one attached hydrogen (secondary N) is 2. The van der Waals surface area contributed by atoms with Gasteiger partial charge in [0.1, 0.15) is 5.82 Å². The fourth-order valence-corrected chi connectivity index (χ4v) is 4.37. The van der Waals surface area contributed by atoms with Crippen molar-refractivity contribution >= 4 is 34.5 Å². The van der Waals surface area contributed by atoms with Gasteiger partial charge in [-0.05, 0) is 62.5 Å². The van der Waals surface area contributed by atoms with Crippen molar-refractivity contribution in [1.29, 1.82) is 0 Å². The lowest BCUT2D eigenvalue weighted by molar-refractivity contribution is 0.601. The first kappa shape index (κ1) is 22.1. The molecule has 1 aromatic heterocycles. The number of aromatic nitrogens is 2. The molecule has 0 aliphatic heterocycles. The summed E-state index contributed by atoms with van der Waals surface area (Å²) < 4.78 is 1.45. The Balaban J connectivity index is 2.06. The second-order valence-electron chi connectivity index (χ2n) is 7.98. The van der Waals surface area contributed by atoms with Gasteiger partial charge in [0.15, 0.2) is 10.8 Å². The summed E-state index contributed by atoms with van der Waals surface area (Å²) in [6.45, 7) is 6.58. The molecule has 0 saturated heterocycles. The third-order valence-corrected chi connectivity index (χ3v) is 6.24. The molecule has 0 spiro atoms. The first-order valence-electron chi connectivity index (χ1n) is 10.6. The molecule has 0 bridgehead atoms. The minimum atomic E-state index is -0.498. The number of unbranched alkanes of at least 4 members (excludes halogenated alkanes) is 1. The van der Waals surface area contributed by atoms with Crippen LogP contribution in [-0.4, -0.2) is 20.7 Å². The molecule has 2 aromatic rings. The number of nitrogens with zero attached hydrogens (tertiary/aromatic N) is 2. The molecule has 0 unspecified atom stereocenters. The van der Waals surface area contributed by atoms with Gasteiger partial charge in [-0.25, -0.2) is 4.79 Å². The summed E-state index contributed by atoms with van der Waals surface area (Å²) in [6.07, 6.45) is 5.69. The number of H-pyrrole nitrogens is 1. The number of rotatable bonds is 6. The second-order valence-corrected chi connectivity index (χ2v) is 8.37. The molecule has 1 heterocycles. The fourth-order valence-electron chi connectivity index (χ4n) is 4.02. The highest BCUT2D eigenvalue weighted by Gasteiger charge is 2.31. The molecular weight excluding hydrogens is 398 g/mol. The number of thiocarbonyl (C=S) groups is 1. The van der Waals surface area contributed by atoms with E-state index >= 15 is 0 Å². The van der Waals surface area contributed by atoms with Crippen LogP contribution in [-0.2, 0) is 6.54 Å². The second kappa shape index (κ2) is 9.47. The number of hydrogen-bond donors (Lipinski definition) is 3. The minimum Gasteiger partial charge on any atom is -0.383 e. The standard InChI is InChI=1S/C22H31N5O2S/c1-4-5-13-26-19(23)18(20(28)25-21(26)29)27(16-10-6-7-11-16)22(30)24-17-12-8-9-14(2)15(17)3/h8-9,12,16H,4-7,10-11,13,23H2,1-3H3,(H,24,30)(H,25,28,29). The molecule has 162 valence electrons. The van der Waals surface area contributed by atoms with Crippen molar-refractivity contribution < 1.29 is 0 Å². The van der Waals surface area contributed by atoms with Gasteiger partial charge in [0.25, 0.3) is 5.56 Å². The van der Waals surface area contributed by atoms with Gasteiger partial charge in [0.2, 0.25) is 0 Å². The third-order valence-electron chi connectivity index (χ3n) is 5.95. The summed E-state index contributed by atoms with van der Waals surface area (Å²) >= 11 is 5.78. The van der Waals surface area contributed by atoms with Crippen molar-refractivity contribution in [3.05, 3.63) is 50.2 Å². The van der Waals surface area contributed by atoms with Crippen LogP contribution in [0.3, 0.4) is 0 Å². The van der Waals surface area contributed by atoms with Gasteiger partial charge in [-0.1, -0.05) is 38.3 Å². The molecule has 1 fully saturated rings. The summed E-state index contributed by atoms with van der Waals surface area (Å²) in [5, 5.41) is 3.74. The number of benzene rings is 1. The van der Waals surface area contributed by atoms with Crippen molar-refractivity contribution in [2.24, 2.45) is 0 Å². The molecule has 1 saturated carbocycles. The molecule has 4 N–H and O–H groups in total. The molecule has 0 atom stereocenters. The van der Waals surface area contributed by atoms with Gasteiger partial charge < -0.3 is 16.0 Å². The predicted octanol–water partition coefficient (Wildman–Crippen LogP) is 3.68. The summed E-state index contributed by atoms with van der Waals surface area (Å²) in [6, 6.07) is 6.05. The van der Waals surface area contributed by atoms with Crippen LogP contribution in [0.25, 0.3) is 0 Å². The van der Waals surface area contributed by atoms with Crippen LogP contribution in [0.2, 0.25) is 0 Å². The maximum atomic E-state index is 12.9. The van der Waals surface area contributed by atoms with Gasteiger partial charge in [0, 0.05) is 18.3 Å². The monoisotopic (exact) mass is 429 g/mol. The summed E-state index contributed by atoms with van der Waals surface area (Å²) in [7, 11) is 0. The van der Waals surface area contributed by atoms with Crippen LogP contribution in [0.5, 0.6) is 0 Å². The van der Waals surface area contributed by atoms with Crippen LogP contribution < -0.4 is 27.2 Å². The van der Waals surface area contributed by atoms with E-state index in [9.17, 15) is 9.59 Å². The molecule has 1 aliphatic rings. The average molecular weight is 430 g/mol. The molecule has 30 heavy (non-hydrogen) atoms. The zero-order valence-electron chi connectivity index (χ0n) is 18.0. The Morgan fingerprint density at radius 2 is 2.00 bits per heavy atom. The van der Waals surface area contributed by atoms with E-state index in [1.165, 1.54) is 4.57 Å². The van der Waals surface area contributed by atoms with Crippen molar-refractivity contribution in [2.75, 3.05) is 16.0 Å². The van der Waals surface area contributed by atoms with Crippen LogP contribution in [0, 0.1) is 13.8 Å². The minimum absolute atomic E-state index is 0.0654. The van der Waals surface area contributed by atoms with E-state index in [1.54, 1.807) is 0 Å². The lowest BCUT2D eigenvalue weighted by Gasteiger charge is -2.32. The Morgan fingerprint density at radius 3 is 2.67 bits per heavy atom. The first-order valence-corrected chi connectivity index (χ1v) is 11.0. The third kappa shape index (κ3) is 4.43. The summed E-state index contributed by atoms with van der Waals surface area (Å²) in [5.41, 5.74) is 8.83. The largest absolute Gasteiger partial charge is 0.383 e. The van der Waals surface area contributed by atoms with Gasteiger partial charge in [0.05, 0.1) is 0 Å². The van der Waals surface area contributed by atoms with Crippen LogP contribution in [0.15, 0.2) is 27.8 Å². The van der Waals surface area contributed by atoms with E-state index < -0.39 is 11.2 Å². The van der Waals surface area contributed by atoms with Crippen LogP contribution in [0.4, 0.5) is 17.2 Å². The molecule has 0 amide bonds. The molecule has 3 rings (SSSR count). The highest BCUT2D eigenvalue weighted by Crippen LogP contribution is 2.30. The molecule has 8 heteroatoms. The SMILES string of the molecule is CCCCn1c(N)c(N(C(=S)Nc2cccc(C)c2C)C2CCCC2)c(=O)[nH]c1=O. The van der Waals surface area contributed by atoms with E-state index in [2.05, 4.69) is 10.3 Å². The Kier molecular flexibility index (Phi) is 6.97. The maximum absolute atomic E-state index is 12.9. The lowest BCUT2D eigenvalue weighted by atomic mass is 10.1. The predicted molar refractivity (Wildman–Crippen MR) is 128 cm³/mol. The van der Waals surface area contributed by atoms with Crippen LogP contribution in [0.1, 0.15) is 56.6 Å².